The van der Waals surface area contributed by atoms with E-state index in [0.717, 1.165) is 29.7 Å². The van der Waals surface area contributed by atoms with Crippen molar-refractivity contribution < 1.29 is 13.6 Å². The van der Waals surface area contributed by atoms with Crippen molar-refractivity contribution >= 4 is 5.88 Å². The predicted octanol–water partition coefficient (Wildman–Crippen LogP) is 4.58. The van der Waals surface area contributed by atoms with Gasteiger partial charge in [-0.2, -0.15) is 10.2 Å². The molecule has 2 heterocycles. The van der Waals surface area contributed by atoms with Gasteiger partial charge in [0.1, 0.15) is 24.2 Å². The normalized spacial score (nSPS) is 13.4. The number of nitrogens with zero attached hydrogens (tertiary/aromatic N) is 2. The van der Waals surface area contributed by atoms with E-state index in [9.17, 15) is 5.26 Å². The molecule has 1 aromatic carbocycles. The largest absolute Gasteiger partial charge is 0.485 e. The number of benzene rings is 1. The lowest BCUT2D eigenvalue weighted by Gasteiger charge is -2.08. The third-order valence-electron chi connectivity index (χ3n) is 4.23. The molecular formula is C20H19N3O3. The van der Waals surface area contributed by atoms with Crippen LogP contribution in [0.3, 0.4) is 0 Å². The van der Waals surface area contributed by atoms with Crippen LogP contribution in [-0.2, 0) is 6.61 Å². The summed E-state index contributed by atoms with van der Waals surface area (Å²) >= 11 is 0. The second kappa shape index (κ2) is 6.60. The molecule has 1 saturated carbocycles. The zero-order chi connectivity index (χ0) is 18.1. The maximum absolute atomic E-state index is 9.21. The van der Waals surface area contributed by atoms with Crippen LogP contribution in [0.15, 0.2) is 39.2 Å². The van der Waals surface area contributed by atoms with E-state index >= 15 is 0 Å². The highest BCUT2D eigenvalue weighted by atomic mass is 16.5. The van der Waals surface area contributed by atoms with Crippen LogP contribution in [0.2, 0.25) is 0 Å². The van der Waals surface area contributed by atoms with Crippen molar-refractivity contribution in [1.82, 2.24) is 4.98 Å². The zero-order valence-corrected chi connectivity index (χ0v) is 14.7. The second-order valence-corrected chi connectivity index (χ2v) is 6.55. The van der Waals surface area contributed by atoms with Crippen molar-refractivity contribution in [3.63, 3.8) is 0 Å². The van der Waals surface area contributed by atoms with Gasteiger partial charge < -0.3 is 18.9 Å². The number of anilines is 1. The molecule has 4 rings (SSSR count). The Kier molecular flexibility index (Phi) is 4.13. The lowest BCUT2D eigenvalue weighted by Crippen LogP contribution is -2.00. The number of furan rings is 1. The summed E-state index contributed by atoms with van der Waals surface area (Å²) in [5.41, 5.74) is 2.46. The van der Waals surface area contributed by atoms with Gasteiger partial charge in [0.2, 0.25) is 11.6 Å². The maximum atomic E-state index is 9.21. The van der Waals surface area contributed by atoms with Gasteiger partial charge in [0.25, 0.3) is 5.89 Å². The third kappa shape index (κ3) is 3.42. The Morgan fingerprint density at radius 1 is 1.23 bits per heavy atom. The Balaban J connectivity index is 1.48. The summed E-state index contributed by atoms with van der Waals surface area (Å²) in [6.45, 7) is 4.34. The van der Waals surface area contributed by atoms with Gasteiger partial charge in [-0.1, -0.05) is 12.1 Å². The molecule has 26 heavy (non-hydrogen) atoms. The lowest BCUT2D eigenvalue weighted by molar-refractivity contribution is 0.269. The molecule has 0 atom stereocenters. The summed E-state index contributed by atoms with van der Waals surface area (Å²) in [4.78, 5) is 4.21. The Bertz CT molecular complexity index is 977. The van der Waals surface area contributed by atoms with Crippen molar-refractivity contribution in [3.05, 3.63) is 52.9 Å². The number of nitrogens with one attached hydrogen (secondary N) is 1. The Labute approximate surface area is 151 Å². The van der Waals surface area contributed by atoms with Gasteiger partial charge in [0, 0.05) is 6.04 Å². The summed E-state index contributed by atoms with van der Waals surface area (Å²) < 4.78 is 17.3. The van der Waals surface area contributed by atoms with Gasteiger partial charge in [-0.15, -0.1) is 0 Å². The Hall–Kier alpha value is -3.20. The van der Waals surface area contributed by atoms with Crippen LogP contribution in [0.4, 0.5) is 5.88 Å². The predicted molar refractivity (Wildman–Crippen MR) is 95.8 cm³/mol. The van der Waals surface area contributed by atoms with E-state index in [4.69, 9.17) is 13.6 Å². The van der Waals surface area contributed by atoms with Crippen LogP contribution in [0.1, 0.15) is 35.4 Å². The van der Waals surface area contributed by atoms with E-state index in [-0.39, 0.29) is 5.69 Å². The second-order valence-electron chi connectivity index (χ2n) is 6.55. The van der Waals surface area contributed by atoms with Gasteiger partial charge in [-0.3, -0.25) is 0 Å². The summed E-state index contributed by atoms with van der Waals surface area (Å²) in [5.74, 6) is 2.68. The topological polar surface area (TPSA) is 84.2 Å². The zero-order valence-electron chi connectivity index (χ0n) is 14.7. The van der Waals surface area contributed by atoms with Gasteiger partial charge in [-0.25, -0.2) is 0 Å². The molecule has 1 aliphatic rings. The minimum Gasteiger partial charge on any atom is -0.485 e. The molecule has 132 valence electrons. The molecule has 1 aliphatic carbocycles. The van der Waals surface area contributed by atoms with Gasteiger partial charge in [0.15, 0.2) is 5.76 Å². The summed E-state index contributed by atoms with van der Waals surface area (Å²) in [6, 6.07) is 12.1. The number of aryl methyl sites for hydroxylation is 2. The van der Waals surface area contributed by atoms with Gasteiger partial charge >= 0.3 is 0 Å². The average Bonchev–Trinajstić information content (AvgIpc) is 3.17. The van der Waals surface area contributed by atoms with E-state index < -0.39 is 0 Å². The Morgan fingerprint density at radius 2 is 2.08 bits per heavy atom. The monoisotopic (exact) mass is 349 g/mol. The fourth-order valence-electron chi connectivity index (χ4n) is 2.59. The fourth-order valence-corrected chi connectivity index (χ4v) is 2.59. The molecule has 0 radical (unpaired) electrons. The minimum absolute atomic E-state index is 0.247. The highest BCUT2D eigenvalue weighted by Gasteiger charge is 2.25. The molecule has 0 spiro atoms. The first-order chi connectivity index (χ1) is 12.6. The van der Waals surface area contributed by atoms with Crippen LogP contribution in [-0.4, -0.2) is 11.0 Å². The molecular weight excluding hydrogens is 330 g/mol. The summed E-state index contributed by atoms with van der Waals surface area (Å²) in [7, 11) is 0. The molecule has 0 saturated heterocycles. The summed E-state index contributed by atoms with van der Waals surface area (Å²) in [5, 5.41) is 12.4. The van der Waals surface area contributed by atoms with E-state index in [0.29, 0.717) is 35.9 Å². The molecule has 6 nitrogen and oxygen atoms in total. The average molecular weight is 349 g/mol. The molecule has 0 unspecified atom stereocenters. The van der Waals surface area contributed by atoms with E-state index in [1.165, 1.54) is 0 Å². The number of nitriles is 1. The lowest BCUT2D eigenvalue weighted by atomic mass is 10.1. The molecule has 6 heteroatoms. The molecule has 1 N–H and O–H groups in total. The number of hydrogen-bond acceptors (Lipinski definition) is 6. The highest BCUT2D eigenvalue weighted by molar-refractivity contribution is 5.55. The minimum atomic E-state index is 0.247. The van der Waals surface area contributed by atoms with Crippen LogP contribution in [0, 0.1) is 25.2 Å². The van der Waals surface area contributed by atoms with Crippen molar-refractivity contribution in [2.24, 2.45) is 0 Å². The van der Waals surface area contributed by atoms with E-state index in [1.807, 2.05) is 32.0 Å². The molecule has 1 fully saturated rings. The quantitative estimate of drug-likeness (QED) is 0.701. The summed E-state index contributed by atoms with van der Waals surface area (Å²) in [6.07, 6.45) is 2.17. The van der Waals surface area contributed by atoms with Gasteiger partial charge in [0.05, 0.1) is 0 Å². The number of aromatic nitrogens is 1. The van der Waals surface area contributed by atoms with E-state index in [1.54, 1.807) is 6.07 Å². The maximum Gasteiger partial charge on any atom is 0.266 e. The SMILES string of the molecule is Cc1ccc(C)c(OCc2ccc(-c3nc(C#N)c(NC4CC4)o3)o2)c1. The number of oxazole rings is 1. The molecule has 0 amide bonds. The van der Waals surface area contributed by atoms with E-state index in [2.05, 4.69) is 22.4 Å². The van der Waals surface area contributed by atoms with Crippen LogP contribution < -0.4 is 10.1 Å². The van der Waals surface area contributed by atoms with Crippen molar-refractivity contribution in [3.8, 4) is 23.5 Å². The first-order valence-corrected chi connectivity index (χ1v) is 8.59. The van der Waals surface area contributed by atoms with Gasteiger partial charge in [-0.05, 0) is 56.0 Å². The van der Waals surface area contributed by atoms with Crippen LogP contribution in [0.25, 0.3) is 11.7 Å². The highest BCUT2D eigenvalue weighted by Crippen LogP contribution is 2.31. The number of hydrogen-bond donors (Lipinski definition) is 1. The standard InChI is InChI=1S/C20H19N3O3/c1-12-3-4-13(2)18(9-12)24-11-15-7-8-17(25-15)20-23-16(10-21)19(26-20)22-14-5-6-14/h3-4,7-9,14,22H,5-6,11H2,1-2H3. The van der Waals surface area contributed by atoms with Crippen molar-refractivity contribution in [2.75, 3.05) is 5.32 Å². The molecule has 0 aliphatic heterocycles. The number of rotatable bonds is 6. The fraction of sp³-hybridized carbons (Fsp3) is 0.300. The van der Waals surface area contributed by atoms with Crippen LogP contribution >= 0.6 is 0 Å². The molecule has 2 aromatic heterocycles. The molecule has 3 aromatic rings. The Morgan fingerprint density at radius 3 is 2.85 bits per heavy atom. The number of ether oxygens (including phenoxy) is 1. The first-order valence-electron chi connectivity index (χ1n) is 8.59. The van der Waals surface area contributed by atoms with Crippen molar-refractivity contribution in [2.45, 2.75) is 39.3 Å². The molecule has 0 bridgehead atoms. The smallest absolute Gasteiger partial charge is 0.266 e. The third-order valence-corrected chi connectivity index (χ3v) is 4.23. The first kappa shape index (κ1) is 16.3. The van der Waals surface area contributed by atoms with Crippen LogP contribution in [0.5, 0.6) is 5.75 Å². The van der Waals surface area contributed by atoms with Crippen molar-refractivity contribution in [1.29, 1.82) is 5.26 Å².